The third-order valence-electron chi connectivity index (χ3n) is 5.22. The van der Waals surface area contributed by atoms with E-state index in [-0.39, 0.29) is 0 Å². The summed E-state index contributed by atoms with van der Waals surface area (Å²) in [5.41, 5.74) is 2.36. The predicted octanol–water partition coefficient (Wildman–Crippen LogP) is 4.24. The van der Waals surface area contributed by atoms with Crippen LogP contribution in [0.25, 0.3) is 10.8 Å². The number of para-hydroxylation sites is 1. The van der Waals surface area contributed by atoms with E-state index >= 15 is 0 Å². The molecule has 1 aromatic heterocycles. The highest BCUT2D eigenvalue weighted by Crippen LogP contribution is 2.34. The lowest BCUT2D eigenvalue weighted by molar-refractivity contribution is 0.308. The van der Waals surface area contributed by atoms with E-state index in [1.54, 1.807) is 14.2 Å². The van der Waals surface area contributed by atoms with Crippen LogP contribution in [0.1, 0.15) is 23.6 Å². The second-order valence-electron chi connectivity index (χ2n) is 6.83. The quantitative estimate of drug-likeness (QED) is 0.691. The van der Waals surface area contributed by atoms with E-state index in [1.165, 1.54) is 22.0 Å². The molecule has 2 heterocycles. The SMILES string of the molecule is COc1cccc(CN2CCC(c3cc4ccccc4cn3)C2)c1OC. The third kappa shape index (κ3) is 3.25. The minimum atomic E-state index is 0.483. The van der Waals surface area contributed by atoms with Crippen molar-refractivity contribution in [1.29, 1.82) is 0 Å². The fraction of sp³-hybridized carbons (Fsp3) is 0.318. The predicted molar refractivity (Wildman–Crippen MR) is 104 cm³/mol. The fourth-order valence-corrected chi connectivity index (χ4v) is 3.86. The number of aromatic nitrogens is 1. The molecule has 1 saturated heterocycles. The number of fused-ring (bicyclic) bond motifs is 1. The van der Waals surface area contributed by atoms with Crippen LogP contribution in [0.5, 0.6) is 11.5 Å². The molecule has 0 saturated carbocycles. The summed E-state index contributed by atoms with van der Waals surface area (Å²) in [6, 6.07) is 16.7. The van der Waals surface area contributed by atoms with Gasteiger partial charge in [-0.2, -0.15) is 0 Å². The first-order chi connectivity index (χ1) is 12.8. The molecule has 4 nitrogen and oxygen atoms in total. The standard InChI is InChI=1S/C22H24N2O2/c1-25-21-9-5-8-19(22(21)26-2)15-24-11-10-18(14-24)20-12-16-6-3-4-7-17(16)13-23-20/h3-9,12-13,18H,10-11,14-15H2,1-2H3. The van der Waals surface area contributed by atoms with Gasteiger partial charge in [-0.3, -0.25) is 9.88 Å². The fourth-order valence-electron chi connectivity index (χ4n) is 3.86. The number of methoxy groups -OCH3 is 2. The average molecular weight is 348 g/mol. The van der Waals surface area contributed by atoms with Crippen LogP contribution >= 0.6 is 0 Å². The van der Waals surface area contributed by atoms with Crippen molar-refractivity contribution in [2.75, 3.05) is 27.3 Å². The van der Waals surface area contributed by atoms with Gasteiger partial charge in [-0.05, 0) is 30.5 Å². The number of pyridine rings is 1. The van der Waals surface area contributed by atoms with E-state index in [4.69, 9.17) is 14.5 Å². The van der Waals surface area contributed by atoms with Crippen molar-refractivity contribution >= 4 is 10.8 Å². The second kappa shape index (κ2) is 7.34. The zero-order chi connectivity index (χ0) is 17.9. The number of rotatable bonds is 5. The molecule has 0 radical (unpaired) electrons. The molecule has 2 aromatic carbocycles. The molecule has 1 fully saturated rings. The van der Waals surface area contributed by atoms with E-state index in [1.807, 2.05) is 18.3 Å². The minimum absolute atomic E-state index is 0.483. The number of hydrogen-bond acceptors (Lipinski definition) is 4. The van der Waals surface area contributed by atoms with Gasteiger partial charge in [-0.25, -0.2) is 0 Å². The summed E-state index contributed by atoms with van der Waals surface area (Å²) in [6.07, 6.45) is 3.13. The minimum Gasteiger partial charge on any atom is -0.493 e. The summed E-state index contributed by atoms with van der Waals surface area (Å²) in [7, 11) is 3.38. The number of benzene rings is 2. The van der Waals surface area contributed by atoms with E-state index in [0.29, 0.717) is 5.92 Å². The van der Waals surface area contributed by atoms with E-state index in [9.17, 15) is 0 Å². The van der Waals surface area contributed by atoms with E-state index in [2.05, 4.69) is 41.3 Å². The van der Waals surface area contributed by atoms with Gasteiger partial charge < -0.3 is 9.47 Å². The van der Waals surface area contributed by atoms with Crippen LogP contribution in [-0.2, 0) is 6.54 Å². The molecule has 26 heavy (non-hydrogen) atoms. The van der Waals surface area contributed by atoms with Gasteiger partial charge in [-0.1, -0.05) is 36.4 Å². The van der Waals surface area contributed by atoms with Gasteiger partial charge in [0.25, 0.3) is 0 Å². The molecule has 0 bridgehead atoms. The van der Waals surface area contributed by atoms with Gasteiger partial charge in [-0.15, -0.1) is 0 Å². The topological polar surface area (TPSA) is 34.6 Å². The molecule has 4 heteroatoms. The Morgan fingerprint density at radius 1 is 1.04 bits per heavy atom. The molecule has 1 aliphatic heterocycles. The van der Waals surface area contributed by atoms with Gasteiger partial charge in [0.05, 0.1) is 14.2 Å². The maximum absolute atomic E-state index is 5.57. The Labute approximate surface area is 154 Å². The monoisotopic (exact) mass is 348 g/mol. The molecule has 0 spiro atoms. The molecular formula is C22H24N2O2. The van der Waals surface area contributed by atoms with Crippen LogP contribution in [-0.4, -0.2) is 37.2 Å². The third-order valence-corrected chi connectivity index (χ3v) is 5.22. The molecule has 3 aromatic rings. The highest BCUT2D eigenvalue weighted by atomic mass is 16.5. The lowest BCUT2D eigenvalue weighted by Crippen LogP contribution is -2.20. The summed E-state index contributed by atoms with van der Waals surface area (Å²) in [4.78, 5) is 7.19. The molecule has 0 aliphatic carbocycles. The first-order valence-corrected chi connectivity index (χ1v) is 9.05. The zero-order valence-corrected chi connectivity index (χ0v) is 15.3. The highest BCUT2D eigenvalue weighted by molar-refractivity contribution is 5.81. The number of likely N-dealkylation sites (tertiary alicyclic amines) is 1. The normalized spacial score (nSPS) is 17.5. The van der Waals surface area contributed by atoms with Crippen LogP contribution in [0.15, 0.2) is 54.7 Å². The number of hydrogen-bond donors (Lipinski definition) is 0. The van der Waals surface area contributed by atoms with Crippen LogP contribution in [0.3, 0.4) is 0 Å². The molecule has 134 valence electrons. The summed E-state index contributed by atoms with van der Waals surface area (Å²) in [5.74, 6) is 2.11. The lowest BCUT2D eigenvalue weighted by atomic mass is 10.0. The van der Waals surface area contributed by atoms with Crippen LogP contribution in [0, 0.1) is 0 Å². The Kier molecular flexibility index (Phi) is 4.76. The lowest BCUT2D eigenvalue weighted by Gasteiger charge is -2.19. The largest absolute Gasteiger partial charge is 0.493 e. The van der Waals surface area contributed by atoms with Crippen molar-refractivity contribution in [1.82, 2.24) is 9.88 Å². The second-order valence-corrected chi connectivity index (χ2v) is 6.83. The highest BCUT2D eigenvalue weighted by Gasteiger charge is 2.26. The van der Waals surface area contributed by atoms with E-state index in [0.717, 1.165) is 37.6 Å². The Balaban J connectivity index is 1.50. The Morgan fingerprint density at radius 3 is 2.69 bits per heavy atom. The Morgan fingerprint density at radius 2 is 1.88 bits per heavy atom. The first-order valence-electron chi connectivity index (χ1n) is 9.05. The smallest absolute Gasteiger partial charge is 0.165 e. The van der Waals surface area contributed by atoms with Gasteiger partial charge in [0.2, 0.25) is 0 Å². The summed E-state index contributed by atoms with van der Waals surface area (Å²) < 4.78 is 11.0. The van der Waals surface area contributed by atoms with Crippen molar-refractivity contribution in [2.45, 2.75) is 18.9 Å². The van der Waals surface area contributed by atoms with E-state index < -0.39 is 0 Å². The summed E-state index contributed by atoms with van der Waals surface area (Å²) >= 11 is 0. The van der Waals surface area contributed by atoms with Crippen LogP contribution < -0.4 is 9.47 Å². The van der Waals surface area contributed by atoms with Crippen molar-refractivity contribution in [3.63, 3.8) is 0 Å². The molecule has 1 aliphatic rings. The van der Waals surface area contributed by atoms with Crippen molar-refractivity contribution in [2.24, 2.45) is 0 Å². The molecule has 1 atom stereocenters. The van der Waals surface area contributed by atoms with Crippen molar-refractivity contribution in [3.8, 4) is 11.5 Å². The maximum atomic E-state index is 5.57. The number of ether oxygens (including phenoxy) is 2. The van der Waals surface area contributed by atoms with Gasteiger partial charge in [0, 0.05) is 41.8 Å². The molecule has 1 unspecified atom stereocenters. The molecule has 0 amide bonds. The van der Waals surface area contributed by atoms with Gasteiger partial charge in [0.1, 0.15) is 0 Å². The average Bonchev–Trinajstić information content (AvgIpc) is 3.16. The Hall–Kier alpha value is -2.59. The Bertz CT molecular complexity index is 910. The van der Waals surface area contributed by atoms with Gasteiger partial charge in [0.15, 0.2) is 11.5 Å². The van der Waals surface area contributed by atoms with Crippen molar-refractivity contribution in [3.05, 3.63) is 66.0 Å². The molecule has 4 rings (SSSR count). The van der Waals surface area contributed by atoms with Crippen LogP contribution in [0.4, 0.5) is 0 Å². The maximum Gasteiger partial charge on any atom is 0.165 e. The summed E-state index contributed by atoms with van der Waals surface area (Å²) in [5, 5.41) is 2.47. The van der Waals surface area contributed by atoms with Crippen molar-refractivity contribution < 1.29 is 9.47 Å². The first kappa shape index (κ1) is 16.9. The molecule has 0 N–H and O–H groups in total. The molecular weight excluding hydrogens is 324 g/mol. The summed E-state index contributed by atoms with van der Waals surface area (Å²) in [6.45, 7) is 2.95. The number of nitrogens with zero attached hydrogens (tertiary/aromatic N) is 2. The van der Waals surface area contributed by atoms with Crippen LogP contribution in [0.2, 0.25) is 0 Å². The van der Waals surface area contributed by atoms with Gasteiger partial charge >= 0.3 is 0 Å². The zero-order valence-electron chi connectivity index (χ0n) is 15.3.